The molecule has 0 radical (unpaired) electrons. The summed E-state index contributed by atoms with van der Waals surface area (Å²) in [5, 5.41) is 13.6. The van der Waals surface area contributed by atoms with Gasteiger partial charge in [0.2, 0.25) is 0 Å². The van der Waals surface area contributed by atoms with Gasteiger partial charge in [0.05, 0.1) is 11.7 Å². The standard InChI is InChI=1S/C44H74N2O4S/c1-30(2)33-15-22-44(45-25-28-46-26-17-32(18-27-46)51(10,49)50)24-23-42(8)34(38(33)44)11-12-36-41(7)20-14-31(13-19-39(3,4)29-37(47)48)40(5,6)35(41)16-21-43(36,42)9/h14,32-36,38,45H,1,11-13,15-29H2,2-10H3,(H,47,48). The molecule has 6 nitrogen and oxygen atoms in total. The average molecular weight is 727 g/mol. The highest BCUT2D eigenvalue weighted by molar-refractivity contribution is 7.91. The third-order valence-electron chi connectivity index (χ3n) is 17.6. The van der Waals surface area contributed by atoms with Crippen molar-refractivity contribution in [1.82, 2.24) is 10.2 Å². The number of likely N-dealkylation sites (tertiary alicyclic amines) is 1. The van der Waals surface area contributed by atoms with Crippen molar-refractivity contribution in [3.8, 4) is 0 Å². The third-order valence-corrected chi connectivity index (χ3v) is 19.2. The van der Waals surface area contributed by atoms with E-state index in [1.807, 2.05) is 0 Å². The Morgan fingerprint density at radius 1 is 0.961 bits per heavy atom. The van der Waals surface area contributed by atoms with Crippen LogP contribution in [0.25, 0.3) is 0 Å². The number of carbonyl (C=O) groups is 1. The monoisotopic (exact) mass is 727 g/mol. The molecule has 6 aliphatic rings. The summed E-state index contributed by atoms with van der Waals surface area (Å²) in [4.78, 5) is 14.0. The van der Waals surface area contributed by atoms with Crippen LogP contribution >= 0.6 is 0 Å². The third kappa shape index (κ3) is 6.76. The molecule has 0 aromatic rings. The summed E-state index contributed by atoms with van der Waals surface area (Å²) in [6.07, 6.45) is 19.3. The van der Waals surface area contributed by atoms with E-state index >= 15 is 0 Å². The minimum absolute atomic E-state index is 0.133. The van der Waals surface area contributed by atoms with Crippen LogP contribution < -0.4 is 5.32 Å². The summed E-state index contributed by atoms with van der Waals surface area (Å²) in [7, 11) is -2.94. The molecule has 5 fully saturated rings. The van der Waals surface area contributed by atoms with E-state index in [9.17, 15) is 18.3 Å². The van der Waals surface area contributed by atoms with Crippen LogP contribution in [0.15, 0.2) is 23.8 Å². The normalized spacial score (nSPS) is 41.5. The van der Waals surface area contributed by atoms with Crippen molar-refractivity contribution in [2.45, 2.75) is 156 Å². The fourth-order valence-corrected chi connectivity index (χ4v) is 15.6. The Hall–Kier alpha value is -1.18. The number of hydrogen-bond donors (Lipinski definition) is 2. The number of allylic oxidation sites excluding steroid dienone is 3. The molecule has 1 saturated heterocycles. The number of fused-ring (bicyclic) bond motifs is 7. The fourth-order valence-electron chi connectivity index (χ4n) is 14.5. The lowest BCUT2D eigenvalue weighted by Crippen LogP contribution is -2.68. The largest absolute Gasteiger partial charge is 0.481 e. The number of piperidine rings is 1. The first-order valence-corrected chi connectivity index (χ1v) is 22.8. The highest BCUT2D eigenvalue weighted by atomic mass is 32.2. The molecule has 0 bridgehead atoms. The predicted molar refractivity (Wildman–Crippen MR) is 210 cm³/mol. The van der Waals surface area contributed by atoms with Crippen molar-refractivity contribution in [3.05, 3.63) is 23.8 Å². The van der Waals surface area contributed by atoms with E-state index in [-0.39, 0.29) is 33.5 Å². The zero-order valence-electron chi connectivity index (χ0n) is 34.0. The van der Waals surface area contributed by atoms with Gasteiger partial charge in [0, 0.05) is 24.9 Å². The maximum atomic E-state index is 12.1. The summed E-state index contributed by atoms with van der Waals surface area (Å²) < 4.78 is 24.3. The fraction of sp³-hybridized carbons (Fsp3) is 0.886. The molecular weight excluding hydrogens is 653 g/mol. The maximum Gasteiger partial charge on any atom is 0.303 e. The minimum Gasteiger partial charge on any atom is -0.481 e. The van der Waals surface area contributed by atoms with Crippen LogP contribution in [0.1, 0.15) is 145 Å². The molecule has 0 aromatic carbocycles. The Kier molecular flexibility index (Phi) is 10.5. The SMILES string of the molecule is C=C(C)C1CCC2(NCCN3CCC(S(C)(=O)=O)CC3)CCC3(C)C(CCC4C5(C)CC=C(CCC(C)(C)CC(=O)O)C(C)(C)C5CCC43C)C12. The van der Waals surface area contributed by atoms with E-state index in [1.165, 1.54) is 69.6 Å². The Bertz CT molecular complexity index is 1490. The van der Waals surface area contributed by atoms with Gasteiger partial charge in [0.15, 0.2) is 0 Å². The number of nitrogens with zero attached hydrogens (tertiary/aromatic N) is 1. The molecule has 0 spiro atoms. The van der Waals surface area contributed by atoms with E-state index in [0.29, 0.717) is 40.4 Å². The number of sulfone groups is 1. The van der Waals surface area contributed by atoms with E-state index in [0.717, 1.165) is 51.9 Å². The van der Waals surface area contributed by atoms with Crippen molar-refractivity contribution >= 4 is 15.8 Å². The molecule has 2 N–H and O–H groups in total. The molecule has 51 heavy (non-hydrogen) atoms. The molecule has 6 rings (SSSR count). The zero-order chi connectivity index (χ0) is 37.4. The first kappa shape index (κ1) is 39.5. The second-order valence-electron chi connectivity index (χ2n) is 21.0. The highest BCUT2D eigenvalue weighted by Gasteiger charge is 2.70. The Labute approximate surface area is 312 Å². The summed E-state index contributed by atoms with van der Waals surface area (Å²) >= 11 is 0. The number of hydrogen-bond acceptors (Lipinski definition) is 5. The lowest BCUT2D eigenvalue weighted by Gasteiger charge is -2.72. The van der Waals surface area contributed by atoms with Crippen LogP contribution in [0, 0.1) is 56.7 Å². The quantitative estimate of drug-likeness (QED) is 0.207. The molecule has 9 unspecified atom stereocenters. The maximum absolute atomic E-state index is 12.1. The number of carboxylic acid groups (broad SMARTS) is 1. The second-order valence-corrected chi connectivity index (χ2v) is 23.4. The minimum atomic E-state index is -2.94. The molecule has 7 heteroatoms. The number of aliphatic carboxylic acids is 1. The van der Waals surface area contributed by atoms with Gasteiger partial charge in [-0.15, -0.1) is 0 Å². The molecule has 0 amide bonds. The van der Waals surface area contributed by atoms with Gasteiger partial charge < -0.3 is 15.3 Å². The zero-order valence-corrected chi connectivity index (χ0v) is 34.8. The van der Waals surface area contributed by atoms with Gasteiger partial charge in [-0.05, 0) is 160 Å². The van der Waals surface area contributed by atoms with Crippen molar-refractivity contribution in [2.75, 3.05) is 32.4 Å². The molecule has 5 aliphatic carbocycles. The van der Waals surface area contributed by atoms with Crippen molar-refractivity contribution in [3.63, 3.8) is 0 Å². The molecular formula is C44H74N2O4S. The number of nitrogens with one attached hydrogen (secondary N) is 1. The summed E-state index contributed by atoms with van der Waals surface area (Å²) in [6, 6.07) is 0. The molecule has 290 valence electrons. The molecule has 4 saturated carbocycles. The second kappa shape index (κ2) is 13.5. The summed E-state index contributed by atoms with van der Waals surface area (Å²) in [5.74, 6) is 2.61. The lowest BCUT2D eigenvalue weighted by atomic mass is 9.33. The van der Waals surface area contributed by atoms with Crippen LogP contribution in [-0.4, -0.2) is 67.6 Å². The molecule has 1 heterocycles. The van der Waals surface area contributed by atoms with Crippen molar-refractivity contribution in [1.29, 1.82) is 0 Å². The van der Waals surface area contributed by atoms with Gasteiger partial charge >= 0.3 is 5.97 Å². The Morgan fingerprint density at radius 2 is 1.65 bits per heavy atom. The first-order valence-electron chi connectivity index (χ1n) is 20.8. The first-order chi connectivity index (χ1) is 23.6. The van der Waals surface area contributed by atoms with Gasteiger partial charge in [-0.25, -0.2) is 8.42 Å². The van der Waals surface area contributed by atoms with E-state index < -0.39 is 15.8 Å². The van der Waals surface area contributed by atoms with Crippen LogP contribution in [-0.2, 0) is 14.6 Å². The van der Waals surface area contributed by atoms with Gasteiger partial charge in [-0.1, -0.05) is 72.3 Å². The van der Waals surface area contributed by atoms with E-state index in [2.05, 4.69) is 78.3 Å². The molecule has 0 aromatic heterocycles. The predicted octanol–water partition coefficient (Wildman–Crippen LogP) is 9.31. The van der Waals surface area contributed by atoms with Crippen LogP contribution in [0.5, 0.6) is 0 Å². The van der Waals surface area contributed by atoms with E-state index in [1.54, 1.807) is 5.57 Å². The number of carboxylic acids is 1. The molecule has 1 aliphatic heterocycles. The average Bonchev–Trinajstić information content (AvgIpc) is 3.40. The Morgan fingerprint density at radius 3 is 2.27 bits per heavy atom. The van der Waals surface area contributed by atoms with E-state index in [4.69, 9.17) is 0 Å². The van der Waals surface area contributed by atoms with Gasteiger partial charge in [-0.3, -0.25) is 4.79 Å². The Balaban J connectivity index is 1.20. The smallest absolute Gasteiger partial charge is 0.303 e. The van der Waals surface area contributed by atoms with Gasteiger partial charge in [0.1, 0.15) is 9.84 Å². The van der Waals surface area contributed by atoms with Crippen molar-refractivity contribution in [2.24, 2.45) is 56.7 Å². The van der Waals surface area contributed by atoms with Crippen LogP contribution in [0.2, 0.25) is 0 Å². The lowest BCUT2D eigenvalue weighted by molar-refractivity contribution is -0.221. The van der Waals surface area contributed by atoms with Crippen LogP contribution in [0.4, 0.5) is 0 Å². The summed E-state index contributed by atoms with van der Waals surface area (Å²) in [5.41, 5.74) is 3.99. The van der Waals surface area contributed by atoms with Gasteiger partial charge in [-0.2, -0.15) is 0 Å². The van der Waals surface area contributed by atoms with Gasteiger partial charge in [0.25, 0.3) is 0 Å². The molecule has 9 atom stereocenters. The number of rotatable bonds is 11. The van der Waals surface area contributed by atoms with Crippen molar-refractivity contribution < 1.29 is 18.3 Å². The van der Waals surface area contributed by atoms with Crippen LogP contribution in [0.3, 0.4) is 0 Å². The highest BCUT2D eigenvalue weighted by Crippen LogP contribution is 2.76. The summed E-state index contributed by atoms with van der Waals surface area (Å²) in [6.45, 7) is 28.1. The topological polar surface area (TPSA) is 86.7 Å².